The van der Waals surface area contributed by atoms with Crippen molar-refractivity contribution in [3.05, 3.63) is 58.5 Å². The van der Waals surface area contributed by atoms with Gasteiger partial charge in [-0.3, -0.25) is 19.3 Å². The number of ether oxygens (including phenoxy) is 2. The van der Waals surface area contributed by atoms with E-state index in [2.05, 4.69) is 10.6 Å². The number of hydrogen-bond donors (Lipinski definition) is 2. The van der Waals surface area contributed by atoms with Crippen molar-refractivity contribution in [1.82, 2.24) is 10.2 Å². The third-order valence-corrected chi connectivity index (χ3v) is 5.78. The Hall–Kier alpha value is -3.67. The zero-order valence-corrected chi connectivity index (χ0v) is 18.3. The van der Waals surface area contributed by atoms with Crippen LogP contribution in [0, 0.1) is 0 Å². The lowest BCUT2D eigenvalue weighted by Crippen LogP contribution is -2.39. The van der Waals surface area contributed by atoms with Gasteiger partial charge in [-0.2, -0.15) is 13.2 Å². The minimum absolute atomic E-state index is 0.00154. The van der Waals surface area contributed by atoms with Crippen LogP contribution in [0.3, 0.4) is 0 Å². The number of nitrogens with one attached hydrogen (secondary N) is 2. The maximum Gasteiger partial charge on any atom is 0.416 e. The quantitative estimate of drug-likeness (QED) is 0.568. The van der Waals surface area contributed by atoms with Crippen molar-refractivity contribution < 1.29 is 37.0 Å². The molecule has 2 N–H and O–H groups in total. The highest BCUT2D eigenvalue weighted by atomic mass is 32.2. The number of carbonyl (C=O) groups excluding carboxylic acids is 3. The number of imide groups is 1. The summed E-state index contributed by atoms with van der Waals surface area (Å²) in [6, 6.07) is 9.63. The molecule has 0 saturated carbocycles. The van der Waals surface area contributed by atoms with Crippen molar-refractivity contribution in [2.75, 3.05) is 31.7 Å². The first-order valence-electron chi connectivity index (χ1n) is 10.0. The highest BCUT2D eigenvalue weighted by Crippen LogP contribution is 2.36. The fourth-order valence-electron chi connectivity index (χ4n) is 3.20. The van der Waals surface area contributed by atoms with E-state index in [9.17, 15) is 27.6 Å². The van der Waals surface area contributed by atoms with Gasteiger partial charge < -0.3 is 20.1 Å². The van der Waals surface area contributed by atoms with E-state index in [0.717, 1.165) is 28.8 Å². The zero-order valence-electron chi connectivity index (χ0n) is 17.5. The highest BCUT2D eigenvalue weighted by Gasteiger charge is 2.35. The van der Waals surface area contributed by atoms with E-state index in [1.54, 1.807) is 24.3 Å². The molecule has 2 aromatic rings. The summed E-state index contributed by atoms with van der Waals surface area (Å²) in [5.74, 6) is 0.169. The molecule has 178 valence electrons. The Kier molecular flexibility index (Phi) is 6.68. The molecule has 0 radical (unpaired) electrons. The van der Waals surface area contributed by atoms with Gasteiger partial charge in [0.1, 0.15) is 0 Å². The Morgan fingerprint density at radius 2 is 1.91 bits per heavy atom. The first-order chi connectivity index (χ1) is 16.2. The number of halogens is 3. The second-order valence-corrected chi connectivity index (χ2v) is 8.22. The van der Waals surface area contributed by atoms with Gasteiger partial charge in [-0.15, -0.1) is 0 Å². The Morgan fingerprint density at radius 1 is 1.12 bits per heavy atom. The lowest BCUT2D eigenvalue weighted by atomic mass is 10.2. The Morgan fingerprint density at radius 3 is 2.71 bits per heavy atom. The van der Waals surface area contributed by atoms with Gasteiger partial charge in [0.15, 0.2) is 11.5 Å². The monoisotopic (exact) mass is 493 g/mol. The zero-order chi connectivity index (χ0) is 24.3. The molecule has 2 aliphatic rings. The van der Waals surface area contributed by atoms with Crippen LogP contribution in [0.2, 0.25) is 0 Å². The summed E-state index contributed by atoms with van der Waals surface area (Å²) < 4.78 is 48.8. The number of alkyl halides is 3. The molecule has 8 nitrogen and oxygen atoms in total. The van der Waals surface area contributed by atoms with Gasteiger partial charge in [-0.1, -0.05) is 12.1 Å². The van der Waals surface area contributed by atoms with E-state index in [-0.39, 0.29) is 37.0 Å². The third-order valence-electron chi connectivity index (χ3n) is 4.87. The van der Waals surface area contributed by atoms with Crippen LogP contribution < -0.4 is 20.1 Å². The molecule has 2 heterocycles. The molecule has 1 fully saturated rings. The van der Waals surface area contributed by atoms with E-state index in [1.165, 1.54) is 12.1 Å². The second kappa shape index (κ2) is 9.67. The number of amides is 3. The molecule has 3 amide bonds. The average molecular weight is 493 g/mol. The molecular weight excluding hydrogens is 475 g/mol. The van der Waals surface area contributed by atoms with Crippen molar-refractivity contribution in [2.24, 2.45) is 0 Å². The van der Waals surface area contributed by atoms with Crippen molar-refractivity contribution in [3.8, 4) is 11.5 Å². The number of carbonyl (C=O) groups is 3. The van der Waals surface area contributed by atoms with Gasteiger partial charge in [0.25, 0.3) is 11.1 Å². The number of benzene rings is 2. The molecule has 0 unspecified atom stereocenters. The lowest BCUT2D eigenvalue weighted by molar-refractivity contribution is -0.137. The van der Waals surface area contributed by atoms with Crippen LogP contribution in [0.5, 0.6) is 11.5 Å². The van der Waals surface area contributed by atoms with Crippen LogP contribution in [0.4, 0.5) is 23.7 Å². The highest BCUT2D eigenvalue weighted by molar-refractivity contribution is 8.18. The SMILES string of the molecule is O=C(CNc1cccc(C(F)(F)F)c1)NCCN1C(=O)S/C(=C/c2ccc3c(c2)OCO3)C1=O. The van der Waals surface area contributed by atoms with Crippen LogP contribution in [0.25, 0.3) is 6.08 Å². The van der Waals surface area contributed by atoms with Crippen LogP contribution in [0.15, 0.2) is 47.4 Å². The van der Waals surface area contributed by atoms with Crippen molar-refractivity contribution in [2.45, 2.75) is 6.18 Å². The predicted molar refractivity (Wildman–Crippen MR) is 118 cm³/mol. The van der Waals surface area contributed by atoms with Crippen molar-refractivity contribution in [1.29, 1.82) is 0 Å². The van der Waals surface area contributed by atoms with E-state index in [1.807, 2.05) is 0 Å². The fraction of sp³-hybridized carbons (Fsp3) is 0.227. The van der Waals surface area contributed by atoms with Gasteiger partial charge in [0.05, 0.1) is 17.0 Å². The Balaban J connectivity index is 1.26. The number of rotatable bonds is 7. The molecule has 1 saturated heterocycles. The fourth-order valence-corrected chi connectivity index (χ4v) is 4.07. The molecule has 12 heteroatoms. The number of anilines is 1. The van der Waals surface area contributed by atoms with Crippen molar-refractivity contribution in [3.63, 3.8) is 0 Å². The van der Waals surface area contributed by atoms with Crippen molar-refractivity contribution >= 4 is 40.6 Å². The summed E-state index contributed by atoms with van der Waals surface area (Å²) in [5, 5.41) is 4.68. The molecule has 0 atom stereocenters. The van der Waals surface area contributed by atoms with Crippen LogP contribution in [0.1, 0.15) is 11.1 Å². The van der Waals surface area contributed by atoms with E-state index >= 15 is 0 Å². The van der Waals surface area contributed by atoms with Gasteiger partial charge in [0.2, 0.25) is 12.7 Å². The molecule has 0 aromatic heterocycles. The molecule has 2 aliphatic heterocycles. The first-order valence-corrected chi connectivity index (χ1v) is 10.9. The average Bonchev–Trinajstić information content (AvgIpc) is 3.36. The third kappa shape index (κ3) is 5.45. The van der Waals surface area contributed by atoms with Crippen LogP contribution in [-0.4, -0.2) is 48.4 Å². The summed E-state index contributed by atoms with van der Waals surface area (Å²) >= 11 is 0.789. The van der Waals surface area contributed by atoms with E-state index in [0.29, 0.717) is 17.1 Å². The minimum atomic E-state index is -4.48. The minimum Gasteiger partial charge on any atom is -0.454 e. The van der Waals surface area contributed by atoms with E-state index < -0.39 is 28.8 Å². The Labute approximate surface area is 196 Å². The smallest absolute Gasteiger partial charge is 0.416 e. The summed E-state index contributed by atoms with van der Waals surface area (Å²) in [5.41, 5.74) is -0.0145. The summed E-state index contributed by atoms with van der Waals surface area (Å²) in [6.07, 6.45) is -2.91. The normalized spacial score (nSPS) is 16.3. The maximum atomic E-state index is 12.8. The molecule has 4 rings (SSSR count). The predicted octanol–water partition coefficient (Wildman–Crippen LogP) is 3.70. The number of thioether (sulfide) groups is 1. The molecule has 0 spiro atoms. The largest absolute Gasteiger partial charge is 0.454 e. The number of hydrogen-bond acceptors (Lipinski definition) is 7. The number of nitrogens with zero attached hydrogens (tertiary/aromatic N) is 1. The van der Waals surface area contributed by atoms with Gasteiger partial charge in [0, 0.05) is 18.8 Å². The molecule has 0 bridgehead atoms. The standard InChI is InChI=1S/C22H18F3N3O5S/c23-22(24,25)14-2-1-3-15(10-14)27-11-19(29)26-6-7-28-20(30)18(34-21(28)31)9-13-4-5-16-17(8-13)33-12-32-16/h1-5,8-10,27H,6-7,11-12H2,(H,26,29)/b18-9+. The van der Waals surface area contributed by atoms with Gasteiger partial charge in [-0.25, -0.2) is 0 Å². The van der Waals surface area contributed by atoms with Gasteiger partial charge in [-0.05, 0) is 53.7 Å². The van der Waals surface area contributed by atoms with Gasteiger partial charge >= 0.3 is 6.18 Å². The topological polar surface area (TPSA) is 97.0 Å². The summed E-state index contributed by atoms with van der Waals surface area (Å²) in [7, 11) is 0. The summed E-state index contributed by atoms with van der Waals surface area (Å²) in [4.78, 5) is 38.1. The van der Waals surface area contributed by atoms with Crippen LogP contribution >= 0.6 is 11.8 Å². The lowest BCUT2D eigenvalue weighted by Gasteiger charge is -2.14. The maximum absolute atomic E-state index is 12.8. The molecule has 0 aliphatic carbocycles. The molecule has 2 aromatic carbocycles. The second-order valence-electron chi connectivity index (χ2n) is 7.23. The molecular formula is C22H18F3N3O5S. The first kappa shape index (κ1) is 23.5. The summed E-state index contributed by atoms with van der Waals surface area (Å²) in [6.45, 7) is -0.194. The van der Waals surface area contributed by atoms with Crippen LogP contribution in [-0.2, 0) is 15.8 Å². The molecule has 34 heavy (non-hydrogen) atoms. The Bertz CT molecular complexity index is 1170. The van der Waals surface area contributed by atoms with E-state index in [4.69, 9.17) is 9.47 Å². The number of fused-ring (bicyclic) bond motifs is 1.